The number of likely N-dealkylation sites (N-methyl/N-ethyl adjacent to an activating group) is 1. The number of ether oxygens (including phenoxy) is 2. The van der Waals surface area contributed by atoms with E-state index in [1.807, 2.05) is 21.1 Å². The maximum absolute atomic E-state index is 12.8. The molecule has 70 heavy (non-hydrogen) atoms. The molecule has 0 aromatic carbocycles. The molecule has 0 spiro atoms. The third-order valence-electron chi connectivity index (χ3n) is 11.9. The summed E-state index contributed by atoms with van der Waals surface area (Å²) < 4.78 is 34.1. The highest BCUT2D eigenvalue weighted by Gasteiger charge is 2.21. The Bertz CT molecular complexity index is 1460. The summed E-state index contributed by atoms with van der Waals surface area (Å²) in [6.45, 7) is 4.12. The zero-order chi connectivity index (χ0) is 51.3. The summed E-state index contributed by atoms with van der Waals surface area (Å²) in [5, 5.41) is 0. The molecular weight excluding hydrogens is 894 g/mol. The Labute approximate surface area is 431 Å². The number of carbonyl (C=O) groups is 2. The molecule has 0 aliphatic heterocycles. The van der Waals surface area contributed by atoms with Gasteiger partial charge in [0, 0.05) is 12.8 Å². The van der Waals surface area contributed by atoms with Crippen LogP contribution in [0.5, 0.6) is 0 Å². The first-order chi connectivity index (χ1) is 34.0. The number of quaternary nitrogens is 1. The van der Waals surface area contributed by atoms with Crippen LogP contribution in [0.25, 0.3) is 0 Å². The Kier molecular flexibility index (Phi) is 49.1. The predicted octanol–water partition coefficient (Wildman–Crippen LogP) is 16.8. The second kappa shape index (κ2) is 51.1. The van der Waals surface area contributed by atoms with Crippen LogP contribution in [-0.2, 0) is 32.7 Å². The lowest BCUT2D eigenvalue weighted by atomic mass is 10.0. The zero-order valence-electron chi connectivity index (χ0n) is 45.7. The minimum Gasteiger partial charge on any atom is -0.756 e. The van der Waals surface area contributed by atoms with Crippen molar-refractivity contribution in [3.8, 4) is 0 Å². The first-order valence-electron chi connectivity index (χ1n) is 28.3. The average molecular weight is 1000 g/mol. The fourth-order valence-electron chi connectivity index (χ4n) is 7.58. The van der Waals surface area contributed by atoms with Crippen molar-refractivity contribution in [1.29, 1.82) is 0 Å². The molecular formula is C60H106NO8P. The van der Waals surface area contributed by atoms with Crippen LogP contribution < -0.4 is 4.89 Å². The molecule has 0 bridgehead atoms. The Morgan fingerprint density at radius 3 is 1.21 bits per heavy atom. The van der Waals surface area contributed by atoms with Crippen LogP contribution in [0.3, 0.4) is 0 Å². The number of hydrogen-bond acceptors (Lipinski definition) is 8. The summed E-state index contributed by atoms with van der Waals surface area (Å²) in [5.74, 6) is -0.844. The zero-order valence-corrected chi connectivity index (χ0v) is 46.6. The molecule has 2 unspecified atom stereocenters. The third kappa shape index (κ3) is 54.5. The Balaban J connectivity index is 4.22. The van der Waals surface area contributed by atoms with Crippen LogP contribution in [0.1, 0.15) is 232 Å². The van der Waals surface area contributed by atoms with Gasteiger partial charge in [-0.3, -0.25) is 14.2 Å². The Morgan fingerprint density at radius 1 is 0.457 bits per heavy atom. The maximum Gasteiger partial charge on any atom is 0.306 e. The minimum absolute atomic E-state index is 0.0359. The number of phosphoric ester groups is 1. The summed E-state index contributed by atoms with van der Waals surface area (Å²) in [7, 11) is 1.15. The van der Waals surface area contributed by atoms with E-state index in [1.165, 1.54) is 109 Å². The van der Waals surface area contributed by atoms with Crippen molar-refractivity contribution in [3.63, 3.8) is 0 Å². The van der Waals surface area contributed by atoms with Gasteiger partial charge in [-0.1, -0.05) is 234 Å². The molecule has 0 saturated carbocycles. The Morgan fingerprint density at radius 2 is 0.814 bits per heavy atom. The second-order valence-electron chi connectivity index (χ2n) is 19.9. The monoisotopic (exact) mass is 1000 g/mol. The molecule has 9 nitrogen and oxygen atoms in total. The molecule has 0 aromatic heterocycles. The van der Waals surface area contributed by atoms with E-state index in [0.717, 1.165) is 89.9 Å². The number of allylic oxidation sites excluding steroid dienone is 14. The van der Waals surface area contributed by atoms with Gasteiger partial charge in [-0.15, -0.1) is 0 Å². The lowest BCUT2D eigenvalue weighted by Crippen LogP contribution is -2.37. The van der Waals surface area contributed by atoms with E-state index in [0.29, 0.717) is 17.4 Å². The first kappa shape index (κ1) is 67.2. The topological polar surface area (TPSA) is 111 Å². The molecule has 0 aliphatic carbocycles. The molecule has 0 radical (unpaired) electrons. The van der Waals surface area contributed by atoms with Crippen LogP contribution in [0.4, 0.5) is 0 Å². The number of nitrogens with zero attached hydrogens (tertiary/aromatic N) is 1. The normalized spacial score (nSPS) is 14.0. The van der Waals surface area contributed by atoms with Gasteiger partial charge in [0.15, 0.2) is 6.10 Å². The highest BCUT2D eigenvalue weighted by Crippen LogP contribution is 2.38. The maximum atomic E-state index is 12.8. The van der Waals surface area contributed by atoms with Gasteiger partial charge in [0.1, 0.15) is 19.8 Å². The van der Waals surface area contributed by atoms with Gasteiger partial charge in [0.25, 0.3) is 7.82 Å². The van der Waals surface area contributed by atoms with Gasteiger partial charge in [-0.05, 0) is 70.6 Å². The molecule has 0 saturated heterocycles. The lowest BCUT2D eigenvalue weighted by molar-refractivity contribution is -0.870. The molecule has 0 aromatic rings. The van der Waals surface area contributed by atoms with E-state index in [4.69, 9.17) is 18.5 Å². The van der Waals surface area contributed by atoms with E-state index in [2.05, 4.69) is 98.9 Å². The largest absolute Gasteiger partial charge is 0.756 e. The number of hydrogen-bond donors (Lipinski definition) is 0. The predicted molar refractivity (Wildman–Crippen MR) is 296 cm³/mol. The van der Waals surface area contributed by atoms with Crippen molar-refractivity contribution < 1.29 is 42.1 Å². The van der Waals surface area contributed by atoms with Gasteiger partial charge >= 0.3 is 11.9 Å². The van der Waals surface area contributed by atoms with E-state index >= 15 is 0 Å². The van der Waals surface area contributed by atoms with Crippen molar-refractivity contribution in [2.24, 2.45) is 0 Å². The first-order valence-corrected chi connectivity index (χ1v) is 29.8. The van der Waals surface area contributed by atoms with Crippen molar-refractivity contribution >= 4 is 19.8 Å². The fraction of sp³-hybridized carbons (Fsp3) is 0.733. The summed E-state index contributed by atoms with van der Waals surface area (Å²) in [6, 6.07) is 0. The van der Waals surface area contributed by atoms with Gasteiger partial charge < -0.3 is 27.9 Å². The lowest BCUT2D eigenvalue weighted by Gasteiger charge is -2.28. The van der Waals surface area contributed by atoms with Gasteiger partial charge in [-0.2, -0.15) is 0 Å². The van der Waals surface area contributed by atoms with Crippen molar-refractivity contribution in [1.82, 2.24) is 0 Å². The highest BCUT2D eigenvalue weighted by molar-refractivity contribution is 7.45. The standard InChI is InChI=1S/C60H106NO8P/c1-6-8-10-12-14-16-18-20-22-24-25-26-27-28-29-30-31-32-33-34-35-37-39-41-43-45-47-49-51-53-60(63)69-58(57-68-70(64,65)67-55-54-61(3,4)5)56-66-59(62)52-50-48-46-44-42-40-38-36-23-21-19-17-15-13-11-9-7-2/h8,10,14,16,20,22,25-26,28-29,31-32,34-35,58H,6-7,9,11-13,15,17-19,21,23-24,27,30,33,36-57H2,1-5H3/b10-8-,16-14-,22-20-,26-25-,29-28-,32-31-,35-34-. The van der Waals surface area contributed by atoms with Gasteiger partial charge in [0.05, 0.1) is 27.7 Å². The van der Waals surface area contributed by atoms with Crippen molar-refractivity contribution in [2.75, 3.05) is 47.5 Å². The molecule has 0 N–H and O–H groups in total. The molecule has 0 fully saturated rings. The number of esters is 2. The molecule has 10 heteroatoms. The molecule has 404 valence electrons. The quantitative estimate of drug-likeness (QED) is 0.0195. The van der Waals surface area contributed by atoms with E-state index < -0.39 is 26.5 Å². The molecule has 0 amide bonds. The average Bonchev–Trinajstić information content (AvgIpc) is 3.32. The summed E-state index contributed by atoms with van der Waals surface area (Å²) in [6.07, 6.45) is 67.6. The van der Waals surface area contributed by atoms with E-state index in [-0.39, 0.29) is 32.0 Å². The van der Waals surface area contributed by atoms with Crippen LogP contribution in [0.2, 0.25) is 0 Å². The van der Waals surface area contributed by atoms with Crippen LogP contribution in [0, 0.1) is 0 Å². The fourth-order valence-corrected chi connectivity index (χ4v) is 8.31. The van der Waals surface area contributed by atoms with Crippen LogP contribution >= 0.6 is 7.82 Å². The summed E-state index contributed by atoms with van der Waals surface area (Å²) in [4.78, 5) is 37.8. The number of unbranched alkanes of at least 4 members (excludes halogenated alkanes) is 23. The summed E-state index contributed by atoms with van der Waals surface area (Å²) in [5.41, 5.74) is 0. The molecule has 0 rings (SSSR count). The van der Waals surface area contributed by atoms with Crippen LogP contribution in [-0.4, -0.2) is 70.0 Å². The number of rotatable bonds is 51. The minimum atomic E-state index is -4.64. The number of carbonyl (C=O) groups excluding carboxylic acids is 2. The second-order valence-corrected chi connectivity index (χ2v) is 21.3. The Hall–Kier alpha value is -2.81. The van der Waals surface area contributed by atoms with Gasteiger partial charge in [0.2, 0.25) is 0 Å². The smallest absolute Gasteiger partial charge is 0.306 e. The summed E-state index contributed by atoms with van der Waals surface area (Å²) >= 11 is 0. The van der Waals surface area contributed by atoms with E-state index in [9.17, 15) is 19.0 Å². The highest BCUT2D eigenvalue weighted by atomic mass is 31.2. The number of phosphoric acid groups is 1. The molecule has 0 heterocycles. The van der Waals surface area contributed by atoms with Crippen LogP contribution in [0.15, 0.2) is 85.1 Å². The molecule has 2 atom stereocenters. The van der Waals surface area contributed by atoms with Crippen molar-refractivity contribution in [3.05, 3.63) is 85.1 Å². The molecule has 0 aliphatic rings. The third-order valence-corrected chi connectivity index (χ3v) is 12.9. The van der Waals surface area contributed by atoms with Crippen molar-refractivity contribution in [2.45, 2.75) is 238 Å². The van der Waals surface area contributed by atoms with Gasteiger partial charge in [-0.25, -0.2) is 0 Å². The van der Waals surface area contributed by atoms with E-state index in [1.54, 1.807) is 0 Å². The SMILES string of the molecule is CC/C=C\C/C=C\C/C=C\C/C=C\C/C=C\C/C=C\C/C=C\CCCCCCCCCC(=O)OC(COC(=O)CCCCCCCCCCCCCCCCCCC)COP(=O)([O-])OCC[N+](C)(C)C.